The highest BCUT2D eigenvalue weighted by atomic mass is 16.5. The lowest BCUT2D eigenvalue weighted by Gasteiger charge is -2.16. The lowest BCUT2D eigenvalue weighted by molar-refractivity contribution is -0.128. The van der Waals surface area contributed by atoms with Gasteiger partial charge < -0.3 is 14.7 Å². The molecular formula is C10H19NO3. The van der Waals surface area contributed by atoms with Crippen LogP contribution in [0.3, 0.4) is 0 Å². The van der Waals surface area contributed by atoms with Gasteiger partial charge in [0.05, 0.1) is 19.1 Å². The van der Waals surface area contributed by atoms with E-state index >= 15 is 0 Å². The van der Waals surface area contributed by atoms with Gasteiger partial charge in [0.15, 0.2) is 0 Å². The van der Waals surface area contributed by atoms with Crippen LogP contribution in [0.5, 0.6) is 0 Å². The van der Waals surface area contributed by atoms with Crippen molar-refractivity contribution in [3.8, 4) is 0 Å². The molecule has 1 heterocycles. The first kappa shape index (κ1) is 11.5. The van der Waals surface area contributed by atoms with Crippen LogP contribution in [-0.2, 0) is 9.53 Å². The van der Waals surface area contributed by atoms with Crippen molar-refractivity contribution >= 4 is 5.91 Å². The monoisotopic (exact) mass is 201 g/mol. The maximum absolute atomic E-state index is 11.2. The average molecular weight is 201 g/mol. The summed E-state index contributed by atoms with van der Waals surface area (Å²) >= 11 is 0. The molecule has 1 N–H and O–H groups in total. The third-order valence-electron chi connectivity index (χ3n) is 2.15. The summed E-state index contributed by atoms with van der Waals surface area (Å²) in [6, 6.07) is 0. The van der Waals surface area contributed by atoms with Crippen LogP contribution in [-0.4, -0.2) is 48.3 Å². The van der Waals surface area contributed by atoms with Gasteiger partial charge in [0.1, 0.15) is 0 Å². The number of likely N-dealkylation sites (tertiary alicyclic amines) is 1. The van der Waals surface area contributed by atoms with Crippen molar-refractivity contribution in [3.63, 3.8) is 0 Å². The number of amides is 1. The summed E-state index contributed by atoms with van der Waals surface area (Å²) in [5.41, 5.74) is 0. The first-order valence-electron chi connectivity index (χ1n) is 5.13. The van der Waals surface area contributed by atoms with Gasteiger partial charge in [0.25, 0.3) is 0 Å². The number of aliphatic hydroxyl groups is 1. The minimum Gasteiger partial charge on any atom is -0.391 e. The molecule has 0 aliphatic carbocycles. The van der Waals surface area contributed by atoms with Crippen LogP contribution in [0.1, 0.15) is 20.3 Å². The summed E-state index contributed by atoms with van der Waals surface area (Å²) in [7, 11) is 0. The summed E-state index contributed by atoms with van der Waals surface area (Å²) < 4.78 is 5.37. The third-order valence-corrected chi connectivity index (χ3v) is 2.15. The number of aliphatic hydroxyl groups excluding tert-OH is 1. The Bertz CT molecular complexity index is 194. The van der Waals surface area contributed by atoms with Crippen LogP contribution < -0.4 is 0 Å². The van der Waals surface area contributed by atoms with Gasteiger partial charge in [0, 0.05) is 19.7 Å². The standard InChI is InChI=1S/C10H19NO3/c1-8(2)7-14-4-3-11-6-9(12)5-10(11)13/h8-9,12H,3-7H2,1-2H3. The van der Waals surface area contributed by atoms with Crippen molar-refractivity contribution in [3.05, 3.63) is 0 Å². The van der Waals surface area contributed by atoms with Gasteiger partial charge in [-0.1, -0.05) is 13.8 Å². The molecule has 1 aliphatic heterocycles. The quantitative estimate of drug-likeness (QED) is 0.649. The summed E-state index contributed by atoms with van der Waals surface area (Å²) in [5, 5.41) is 9.21. The summed E-state index contributed by atoms with van der Waals surface area (Å²) in [5.74, 6) is 0.556. The first-order chi connectivity index (χ1) is 6.59. The van der Waals surface area contributed by atoms with Crippen molar-refractivity contribution < 1.29 is 14.6 Å². The highest BCUT2D eigenvalue weighted by Gasteiger charge is 2.27. The molecule has 14 heavy (non-hydrogen) atoms. The van der Waals surface area contributed by atoms with Gasteiger partial charge in [-0.3, -0.25) is 4.79 Å². The molecule has 0 spiro atoms. The molecule has 1 aliphatic rings. The van der Waals surface area contributed by atoms with E-state index in [1.165, 1.54) is 0 Å². The zero-order valence-corrected chi connectivity index (χ0v) is 8.90. The number of nitrogens with zero attached hydrogens (tertiary/aromatic N) is 1. The number of rotatable bonds is 5. The topological polar surface area (TPSA) is 49.8 Å². The minimum absolute atomic E-state index is 0.0330. The first-order valence-corrected chi connectivity index (χ1v) is 5.13. The molecule has 4 heteroatoms. The predicted octanol–water partition coefficient (Wildman–Crippen LogP) is 0.252. The van der Waals surface area contributed by atoms with Gasteiger partial charge in [-0.05, 0) is 5.92 Å². The van der Waals surface area contributed by atoms with Crippen LogP contribution in [0.4, 0.5) is 0 Å². The lowest BCUT2D eigenvalue weighted by atomic mass is 10.2. The largest absolute Gasteiger partial charge is 0.391 e. The molecule has 82 valence electrons. The smallest absolute Gasteiger partial charge is 0.225 e. The molecular weight excluding hydrogens is 182 g/mol. The van der Waals surface area contributed by atoms with Crippen molar-refractivity contribution in [2.45, 2.75) is 26.4 Å². The van der Waals surface area contributed by atoms with E-state index in [0.29, 0.717) is 25.6 Å². The van der Waals surface area contributed by atoms with Gasteiger partial charge in [-0.25, -0.2) is 0 Å². The number of hydrogen-bond acceptors (Lipinski definition) is 3. The Labute approximate surface area is 84.8 Å². The summed E-state index contributed by atoms with van der Waals surface area (Å²) in [4.78, 5) is 12.9. The fourth-order valence-corrected chi connectivity index (χ4v) is 1.46. The van der Waals surface area contributed by atoms with Crippen molar-refractivity contribution in [1.82, 2.24) is 4.90 Å². The molecule has 0 aromatic heterocycles. The Morgan fingerprint density at radius 3 is 2.86 bits per heavy atom. The Morgan fingerprint density at radius 1 is 1.64 bits per heavy atom. The Hall–Kier alpha value is -0.610. The molecule has 1 fully saturated rings. The second kappa shape index (κ2) is 5.32. The van der Waals surface area contributed by atoms with Crippen LogP contribution >= 0.6 is 0 Å². The summed E-state index contributed by atoms with van der Waals surface area (Å²) in [6.07, 6.45) is -0.211. The Morgan fingerprint density at radius 2 is 2.36 bits per heavy atom. The number of carbonyl (C=O) groups is 1. The fraction of sp³-hybridized carbons (Fsp3) is 0.900. The van der Waals surface area contributed by atoms with Crippen LogP contribution in [0.2, 0.25) is 0 Å². The highest BCUT2D eigenvalue weighted by molar-refractivity contribution is 5.78. The molecule has 1 rings (SSSR count). The van der Waals surface area contributed by atoms with E-state index in [4.69, 9.17) is 4.74 Å². The SMILES string of the molecule is CC(C)COCCN1CC(O)CC1=O. The molecule has 1 unspecified atom stereocenters. The normalized spacial score (nSPS) is 22.4. The van der Waals surface area contributed by atoms with Crippen LogP contribution in [0, 0.1) is 5.92 Å². The Balaban J connectivity index is 2.10. The average Bonchev–Trinajstić information content (AvgIpc) is 2.39. The van der Waals surface area contributed by atoms with E-state index < -0.39 is 6.10 Å². The molecule has 0 bridgehead atoms. The van der Waals surface area contributed by atoms with Crippen molar-refractivity contribution in [2.75, 3.05) is 26.3 Å². The van der Waals surface area contributed by atoms with Crippen LogP contribution in [0.15, 0.2) is 0 Å². The van der Waals surface area contributed by atoms with E-state index in [0.717, 1.165) is 6.61 Å². The van der Waals surface area contributed by atoms with Crippen molar-refractivity contribution in [2.24, 2.45) is 5.92 Å². The number of carbonyl (C=O) groups excluding carboxylic acids is 1. The zero-order valence-electron chi connectivity index (χ0n) is 8.90. The summed E-state index contributed by atoms with van der Waals surface area (Å²) in [6.45, 7) is 6.53. The lowest BCUT2D eigenvalue weighted by Crippen LogP contribution is -2.29. The maximum Gasteiger partial charge on any atom is 0.225 e. The number of ether oxygens (including phenoxy) is 1. The van der Waals surface area contributed by atoms with E-state index in [9.17, 15) is 9.90 Å². The Kier molecular flexibility index (Phi) is 4.35. The zero-order chi connectivity index (χ0) is 10.6. The molecule has 1 amide bonds. The number of β-amino-alcohol motifs (C(OH)–C–C–N with tert-alkyl or cyclic N) is 1. The van der Waals surface area contributed by atoms with E-state index in [-0.39, 0.29) is 12.3 Å². The van der Waals surface area contributed by atoms with Crippen molar-refractivity contribution in [1.29, 1.82) is 0 Å². The van der Waals surface area contributed by atoms with Gasteiger partial charge >= 0.3 is 0 Å². The molecule has 0 aromatic carbocycles. The second-order valence-electron chi connectivity index (χ2n) is 4.17. The third kappa shape index (κ3) is 3.64. The molecule has 0 radical (unpaired) electrons. The molecule has 0 saturated carbocycles. The highest BCUT2D eigenvalue weighted by Crippen LogP contribution is 2.09. The van der Waals surface area contributed by atoms with Gasteiger partial charge in [0.2, 0.25) is 5.91 Å². The molecule has 1 saturated heterocycles. The fourth-order valence-electron chi connectivity index (χ4n) is 1.46. The van der Waals surface area contributed by atoms with E-state index in [1.54, 1.807) is 4.90 Å². The number of hydrogen-bond donors (Lipinski definition) is 1. The van der Waals surface area contributed by atoms with Gasteiger partial charge in [-0.2, -0.15) is 0 Å². The minimum atomic E-state index is -0.479. The van der Waals surface area contributed by atoms with E-state index in [1.807, 2.05) is 0 Å². The van der Waals surface area contributed by atoms with Crippen LogP contribution in [0.25, 0.3) is 0 Å². The predicted molar refractivity (Wildman–Crippen MR) is 52.9 cm³/mol. The molecule has 1 atom stereocenters. The molecule has 4 nitrogen and oxygen atoms in total. The van der Waals surface area contributed by atoms with Gasteiger partial charge in [-0.15, -0.1) is 0 Å². The van der Waals surface area contributed by atoms with E-state index in [2.05, 4.69) is 13.8 Å². The second-order valence-corrected chi connectivity index (χ2v) is 4.17. The molecule has 0 aromatic rings. The maximum atomic E-state index is 11.2.